The van der Waals surface area contributed by atoms with Crippen molar-refractivity contribution in [3.05, 3.63) is 175 Å². The molecule has 236 valence electrons. The Balaban J connectivity index is 1.14. The van der Waals surface area contributed by atoms with Crippen molar-refractivity contribution >= 4 is 37.1 Å². The molecule has 0 N–H and O–H groups in total. The number of benzene rings is 6. The normalized spacial score (nSPS) is 16.2. The highest BCUT2D eigenvalue weighted by atomic mass is 32.1. The standard InChI is InChI=1S/C45H29N3OS/c1-3-11-28(12-4-1)29-21-23-31(24-22-29)43-46-44(48-45(47-43)35-17-10-20-40-42(35)34-15-7-8-19-39(34)50-40)32-25-26-37-36(27-32)41-33(16-9-18-38(41)49-37)30-13-5-2-6-14-30/h1-27,38,41H. The van der Waals surface area contributed by atoms with Crippen molar-refractivity contribution in [2.75, 3.05) is 0 Å². The SMILES string of the molecule is C1=CC2Oc3ccc(-c4nc(-c5ccc(-c6ccccc6)cc5)nc(-c5cccc6sc7ccccc7c56)n4)cc3C2C(c2ccccc2)=C1. The summed E-state index contributed by atoms with van der Waals surface area (Å²) in [6.45, 7) is 0. The zero-order chi connectivity index (χ0) is 33.0. The highest BCUT2D eigenvalue weighted by Gasteiger charge is 2.37. The topological polar surface area (TPSA) is 47.9 Å². The maximum absolute atomic E-state index is 6.49. The minimum atomic E-state index is -0.0578. The maximum atomic E-state index is 6.49. The Morgan fingerprint density at radius 3 is 1.98 bits per heavy atom. The summed E-state index contributed by atoms with van der Waals surface area (Å²) < 4.78 is 8.95. The highest BCUT2D eigenvalue weighted by molar-refractivity contribution is 7.25. The Kier molecular flexibility index (Phi) is 6.78. The van der Waals surface area contributed by atoms with Crippen LogP contribution < -0.4 is 4.74 Å². The second-order valence-corrected chi connectivity index (χ2v) is 13.8. The number of fused-ring (bicyclic) bond motifs is 6. The van der Waals surface area contributed by atoms with E-state index in [1.807, 2.05) is 6.07 Å². The largest absolute Gasteiger partial charge is 0.485 e. The molecule has 2 unspecified atom stereocenters. The van der Waals surface area contributed by atoms with Gasteiger partial charge < -0.3 is 4.74 Å². The summed E-state index contributed by atoms with van der Waals surface area (Å²) in [4.78, 5) is 15.5. The maximum Gasteiger partial charge on any atom is 0.164 e. The molecule has 1 aliphatic heterocycles. The van der Waals surface area contributed by atoms with E-state index in [-0.39, 0.29) is 12.0 Å². The lowest BCUT2D eigenvalue weighted by Gasteiger charge is -2.23. The Labute approximate surface area is 293 Å². The summed E-state index contributed by atoms with van der Waals surface area (Å²) in [6.07, 6.45) is 6.42. The van der Waals surface area contributed by atoms with Crippen LogP contribution in [-0.4, -0.2) is 21.1 Å². The lowest BCUT2D eigenvalue weighted by molar-refractivity contribution is 0.271. The Morgan fingerprint density at radius 2 is 1.16 bits per heavy atom. The van der Waals surface area contributed by atoms with E-state index in [0.29, 0.717) is 17.5 Å². The molecule has 4 nitrogen and oxygen atoms in total. The van der Waals surface area contributed by atoms with Crippen molar-refractivity contribution in [2.24, 2.45) is 0 Å². The van der Waals surface area contributed by atoms with Crippen LogP contribution in [0.5, 0.6) is 5.75 Å². The number of thiophene rings is 1. The molecule has 0 radical (unpaired) electrons. The molecule has 0 spiro atoms. The second kappa shape index (κ2) is 11.8. The van der Waals surface area contributed by atoms with E-state index in [1.165, 1.54) is 36.9 Å². The number of aromatic nitrogens is 3. The van der Waals surface area contributed by atoms with Crippen molar-refractivity contribution in [1.82, 2.24) is 15.0 Å². The second-order valence-electron chi connectivity index (χ2n) is 12.7. The summed E-state index contributed by atoms with van der Waals surface area (Å²) in [5.41, 5.74) is 8.79. The van der Waals surface area contributed by atoms with Crippen molar-refractivity contribution < 1.29 is 4.74 Å². The van der Waals surface area contributed by atoms with Gasteiger partial charge in [0, 0.05) is 42.4 Å². The average molecular weight is 660 g/mol. The monoisotopic (exact) mass is 659 g/mol. The van der Waals surface area contributed by atoms with Crippen LogP contribution in [-0.2, 0) is 0 Å². The van der Waals surface area contributed by atoms with E-state index in [9.17, 15) is 0 Å². The molecule has 50 heavy (non-hydrogen) atoms. The number of nitrogens with zero attached hydrogens (tertiary/aromatic N) is 3. The van der Waals surface area contributed by atoms with Gasteiger partial charge in [-0.05, 0) is 58.7 Å². The Hall–Kier alpha value is -6.17. The van der Waals surface area contributed by atoms with Crippen LogP contribution in [0.1, 0.15) is 17.0 Å². The molecule has 1 aliphatic carbocycles. The first kappa shape index (κ1) is 28.8. The number of hydrogen-bond acceptors (Lipinski definition) is 5. The van der Waals surface area contributed by atoms with Crippen LogP contribution in [0.15, 0.2) is 164 Å². The zero-order valence-corrected chi connectivity index (χ0v) is 27.7. The molecule has 6 aromatic carbocycles. The fourth-order valence-electron chi connectivity index (χ4n) is 7.36. The molecule has 0 amide bonds. The highest BCUT2D eigenvalue weighted by Crippen LogP contribution is 2.49. The molecule has 3 heterocycles. The minimum Gasteiger partial charge on any atom is -0.485 e. The number of ether oxygens (including phenoxy) is 1. The van der Waals surface area contributed by atoms with E-state index in [2.05, 4.69) is 158 Å². The predicted octanol–water partition coefficient (Wildman–Crippen LogP) is 11.4. The smallest absolute Gasteiger partial charge is 0.164 e. The fraction of sp³-hybridized carbons (Fsp3) is 0.0444. The van der Waals surface area contributed by atoms with Crippen LogP contribution in [0.2, 0.25) is 0 Å². The van der Waals surface area contributed by atoms with Crippen molar-refractivity contribution in [2.45, 2.75) is 12.0 Å². The fourth-order valence-corrected chi connectivity index (χ4v) is 8.49. The van der Waals surface area contributed by atoms with Crippen molar-refractivity contribution in [1.29, 1.82) is 0 Å². The van der Waals surface area contributed by atoms with Gasteiger partial charge in [-0.3, -0.25) is 0 Å². The third-order valence-electron chi connectivity index (χ3n) is 9.74. The van der Waals surface area contributed by atoms with Crippen LogP contribution >= 0.6 is 11.3 Å². The molecule has 2 aliphatic rings. The summed E-state index contributed by atoms with van der Waals surface area (Å²) >= 11 is 1.80. The van der Waals surface area contributed by atoms with Crippen molar-refractivity contribution in [3.8, 4) is 51.0 Å². The molecule has 2 atom stereocenters. The number of hydrogen-bond donors (Lipinski definition) is 0. The van der Waals surface area contributed by atoms with Gasteiger partial charge in [0.05, 0.1) is 5.92 Å². The van der Waals surface area contributed by atoms with Crippen LogP contribution in [0.3, 0.4) is 0 Å². The Bertz CT molecular complexity index is 2620. The van der Waals surface area contributed by atoms with E-state index >= 15 is 0 Å². The summed E-state index contributed by atoms with van der Waals surface area (Å²) in [6, 6.07) is 50.9. The van der Waals surface area contributed by atoms with Gasteiger partial charge in [-0.1, -0.05) is 127 Å². The molecule has 0 saturated carbocycles. The van der Waals surface area contributed by atoms with Gasteiger partial charge in [-0.25, -0.2) is 15.0 Å². The predicted molar refractivity (Wildman–Crippen MR) is 205 cm³/mol. The molecule has 10 rings (SSSR count). The van der Waals surface area contributed by atoms with Gasteiger partial charge in [-0.2, -0.15) is 0 Å². The first-order valence-corrected chi connectivity index (χ1v) is 17.7. The average Bonchev–Trinajstić information content (AvgIpc) is 3.77. The van der Waals surface area contributed by atoms with Crippen molar-refractivity contribution in [3.63, 3.8) is 0 Å². The lowest BCUT2D eigenvalue weighted by atomic mass is 9.81. The van der Waals surface area contributed by atoms with Gasteiger partial charge in [0.2, 0.25) is 0 Å². The molecule has 0 saturated heterocycles. The lowest BCUT2D eigenvalue weighted by Crippen LogP contribution is -2.19. The molecular weight excluding hydrogens is 631 g/mol. The quantitative estimate of drug-likeness (QED) is 0.184. The first-order valence-electron chi connectivity index (χ1n) is 16.8. The van der Waals surface area contributed by atoms with Gasteiger partial charge in [0.25, 0.3) is 0 Å². The van der Waals surface area contributed by atoms with Crippen LogP contribution in [0, 0.1) is 0 Å². The van der Waals surface area contributed by atoms with Gasteiger partial charge >= 0.3 is 0 Å². The molecule has 2 aromatic heterocycles. The van der Waals surface area contributed by atoms with Gasteiger partial charge in [0.1, 0.15) is 11.9 Å². The third-order valence-corrected chi connectivity index (χ3v) is 10.9. The third kappa shape index (κ3) is 4.86. The van der Waals surface area contributed by atoms with E-state index in [0.717, 1.165) is 33.6 Å². The molecule has 0 bridgehead atoms. The van der Waals surface area contributed by atoms with Crippen LogP contribution in [0.4, 0.5) is 0 Å². The molecule has 5 heteroatoms. The summed E-state index contributed by atoms with van der Waals surface area (Å²) in [5.74, 6) is 2.91. The van der Waals surface area contributed by atoms with Gasteiger partial charge in [0.15, 0.2) is 17.5 Å². The van der Waals surface area contributed by atoms with E-state index in [1.54, 1.807) is 11.3 Å². The van der Waals surface area contributed by atoms with Crippen LogP contribution in [0.25, 0.3) is 71.0 Å². The molecule has 8 aromatic rings. The minimum absolute atomic E-state index is 0.0578. The Morgan fingerprint density at radius 1 is 0.520 bits per heavy atom. The van der Waals surface area contributed by atoms with Gasteiger partial charge in [-0.15, -0.1) is 11.3 Å². The van der Waals surface area contributed by atoms with E-state index in [4.69, 9.17) is 19.7 Å². The first-order chi connectivity index (χ1) is 24.8. The summed E-state index contributed by atoms with van der Waals surface area (Å²) in [7, 11) is 0. The van der Waals surface area contributed by atoms with E-state index < -0.39 is 0 Å². The molecule has 0 fully saturated rings. The number of rotatable bonds is 5. The zero-order valence-electron chi connectivity index (χ0n) is 26.9. The summed E-state index contributed by atoms with van der Waals surface area (Å²) in [5, 5.41) is 2.39. The molecular formula is C45H29N3OS. The number of allylic oxidation sites excluding steroid dienone is 2.